The summed E-state index contributed by atoms with van der Waals surface area (Å²) in [6, 6.07) is -0.793. The second-order valence-electron chi connectivity index (χ2n) is 4.84. The summed E-state index contributed by atoms with van der Waals surface area (Å²) in [4.78, 5) is 11.6. The van der Waals surface area contributed by atoms with Gasteiger partial charge in [-0.25, -0.2) is 8.42 Å². The van der Waals surface area contributed by atoms with Crippen molar-refractivity contribution in [2.24, 2.45) is 11.7 Å². The van der Waals surface area contributed by atoms with Crippen molar-refractivity contribution in [3.05, 3.63) is 0 Å². The number of carbonyl (C=O) groups is 1. The van der Waals surface area contributed by atoms with Crippen LogP contribution in [-0.2, 0) is 14.6 Å². The first-order valence-corrected chi connectivity index (χ1v) is 7.38. The van der Waals surface area contributed by atoms with Gasteiger partial charge < -0.3 is 11.1 Å². The Morgan fingerprint density at radius 3 is 2.56 bits per heavy atom. The summed E-state index contributed by atoms with van der Waals surface area (Å²) in [5.41, 5.74) is 5.70. The smallest absolute Gasteiger partial charge is 0.237 e. The minimum Gasteiger partial charge on any atom is -0.351 e. The molecule has 1 amide bonds. The van der Waals surface area contributed by atoms with Gasteiger partial charge in [0.05, 0.1) is 17.5 Å². The van der Waals surface area contributed by atoms with Crippen molar-refractivity contribution in [1.82, 2.24) is 5.32 Å². The van der Waals surface area contributed by atoms with Crippen LogP contribution in [0, 0.1) is 5.92 Å². The minimum atomic E-state index is -2.95. The molecular formula is C10H20N2O3S. The highest BCUT2D eigenvalue weighted by atomic mass is 32.2. The molecule has 1 heterocycles. The number of hydrogen-bond donors (Lipinski definition) is 2. The van der Waals surface area contributed by atoms with Crippen molar-refractivity contribution in [3.63, 3.8) is 0 Å². The van der Waals surface area contributed by atoms with Gasteiger partial charge in [-0.2, -0.15) is 0 Å². The molecular weight excluding hydrogens is 228 g/mol. The van der Waals surface area contributed by atoms with E-state index in [2.05, 4.69) is 5.32 Å². The maximum atomic E-state index is 11.6. The van der Waals surface area contributed by atoms with Gasteiger partial charge in [0.15, 0.2) is 9.84 Å². The third-order valence-electron chi connectivity index (χ3n) is 2.64. The first-order valence-electron chi connectivity index (χ1n) is 5.56. The van der Waals surface area contributed by atoms with Crippen LogP contribution in [0.15, 0.2) is 0 Å². The van der Waals surface area contributed by atoms with Gasteiger partial charge in [-0.3, -0.25) is 4.79 Å². The second kappa shape index (κ2) is 5.14. The van der Waals surface area contributed by atoms with Gasteiger partial charge in [0.1, 0.15) is 0 Å². The van der Waals surface area contributed by atoms with Crippen LogP contribution < -0.4 is 11.1 Å². The van der Waals surface area contributed by atoms with Crippen molar-refractivity contribution < 1.29 is 13.2 Å². The summed E-state index contributed by atoms with van der Waals surface area (Å²) in [6.45, 7) is 3.99. The predicted octanol–water partition coefficient (Wildman–Crippen LogP) is -0.337. The molecule has 94 valence electrons. The van der Waals surface area contributed by atoms with Crippen molar-refractivity contribution in [2.75, 3.05) is 11.5 Å². The monoisotopic (exact) mass is 248 g/mol. The van der Waals surface area contributed by atoms with Crippen LogP contribution in [-0.4, -0.2) is 37.9 Å². The number of rotatable bonds is 4. The maximum absolute atomic E-state index is 11.6. The Kier molecular flexibility index (Phi) is 4.32. The maximum Gasteiger partial charge on any atom is 0.237 e. The molecule has 1 fully saturated rings. The second-order valence-corrected chi connectivity index (χ2v) is 7.07. The highest BCUT2D eigenvalue weighted by molar-refractivity contribution is 7.91. The quantitative estimate of drug-likeness (QED) is 0.712. The Labute approximate surface area is 96.7 Å². The number of amides is 1. The zero-order chi connectivity index (χ0) is 12.3. The SMILES string of the molecule is CC(C)CC(N)C(=O)NC1CCS(=O)(=O)C1. The minimum absolute atomic E-state index is 0.0487. The number of nitrogens with two attached hydrogens (primary N) is 1. The number of carbonyl (C=O) groups excluding carboxylic acids is 1. The van der Waals surface area contributed by atoms with Gasteiger partial charge in [-0.1, -0.05) is 13.8 Å². The normalized spacial score (nSPS) is 25.6. The molecule has 0 bridgehead atoms. The van der Waals surface area contributed by atoms with E-state index in [0.717, 1.165) is 0 Å². The predicted molar refractivity (Wildman–Crippen MR) is 62.6 cm³/mol. The molecule has 0 spiro atoms. The van der Waals surface area contributed by atoms with Crippen molar-refractivity contribution in [1.29, 1.82) is 0 Å². The first-order chi connectivity index (χ1) is 7.30. The molecule has 2 unspecified atom stereocenters. The van der Waals surface area contributed by atoms with E-state index >= 15 is 0 Å². The largest absolute Gasteiger partial charge is 0.351 e. The fraction of sp³-hybridized carbons (Fsp3) is 0.900. The van der Waals surface area contributed by atoms with Gasteiger partial charge in [0.2, 0.25) is 5.91 Å². The molecule has 16 heavy (non-hydrogen) atoms. The Hall–Kier alpha value is -0.620. The Morgan fingerprint density at radius 1 is 1.50 bits per heavy atom. The lowest BCUT2D eigenvalue weighted by molar-refractivity contribution is -0.123. The van der Waals surface area contributed by atoms with E-state index in [4.69, 9.17) is 5.73 Å². The number of nitrogens with one attached hydrogen (secondary N) is 1. The first kappa shape index (κ1) is 13.4. The molecule has 6 heteroatoms. The third-order valence-corrected chi connectivity index (χ3v) is 4.41. The Bertz CT molecular complexity index is 351. The summed E-state index contributed by atoms with van der Waals surface area (Å²) in [7, 11) is -2.95. The average molecular weight is 248 g/mol. The highest BCUT2D eigenvalue weighted by Gasteiger charge is 2.30. The van der Waals surface area contributed by atoms with Crippen molar-refractivity contribution >= 4 is 15.7 Å². The molecule has 1 saturated heterocycles. The van der Waals surface area contributed by atoms with Crippen molar-refractivity contribution in [2.45, 2.75) is 38.8 Å². The van der Waals surface area contributed by atoms with Crippen LogP contribution >= 0.6 is 0 Å². The van der Waals surface area contributed by atoms with Gasteiger partial charge in [0, 0.05) is 6.04 Å². The molecule has 3 N–H and O–H groups in total. The lowest BCUT2D eigenvalue weighted by atomic mass is 10.0. The summed E-state index contributed by atoms with van der Waals surface area (Å²) >= 11 is 0. The summed E-state index contributed by atoms with van der Waals surface area (Å²) in [5.74, 6) is 0.327. The van der Waals surface area contributed by atoms with Crippen LogP contribution in [0.3, 0.4) is 0 Å². The standard InChI is InChI=1S/C10H20N2O3S/c1-7(2)5-9(11)10(13)12-8-3-4-16(14,15)6-8/h7-9H,3-6,11H2,1-2H3,(H,12,13). The molecule has 0 aromatic rings. The Balaban J connectivity index is 2.41. The third kappa shape index (κ3) is 4.09. The van der Waals surface area contributed by atoms with Gasteiger partial charge in [-0.15, -0.1) is 0 Å². The van der Waals surface area contributed by atoms with E-state index in [1.165, 1.54) is 0 Å². The fourth-order valence-corrected chi connectivity index (χ4v) is 3.51. The van der Waals surface area contributed by atoms with E-state index < -0.39 is 15.9 Å². The van der Waals surface area contributed by atoms with Gasteiger partial charge >= 0.3 is 0 Å². The zero-order valence-corrected chi connectivity index (χ0v) is 10.6. The summed E-state index contributed by atoms with van der Waals surface area (Å²) < 4.78 is 22.4. The van der Waals surface area contributed by atoms with Crippen LogP contribution in [0.2, 0.25) is 0 Å². The molecule has 1 aliphatic heterocycles. The average Bonchev–Trinajstić information content (AvgIpc) is 2.44. The molecule has 0 aliphatic carbocycles. The molecule has 2 atom stereocenters. The molecule has 0 saturated carbocycles. The number of sulfone groups is 1. The lowest BCUT2D eigenvalue weighted by Gasteiger charge is -2.17. The van der Waals surface area contributed by atoms with E-state index in [9.17, 15) is 13.2 Å². The van der Waals surface area contributed by atoms with E-state index in [-0.39, 0.29) is 23.5 Å². The van der Waals surface area contributed by atoms with Crippen LogP contribution in [0.25, 0.3) is 0 Å². The summed E-state index contributed by atoms with van der Waals surface area (Å²) in [5, 5.41) is 2.70. The molecule has 1 aliphatic rings. The van der Waals surface area contributed by atoms with Crippen LogP contribution in [0.4, 0.5) is 0 Å². The van der Waals surface area contributed by atoms with Crippen molar-refractivity contribution in [3.8, 4) is 0 Å². The highest BCUT2D eigenvalue weighted by Crippen LogP contribution is 2.12. The van der Waals surface area contributed by atoms with E-state index in [0.29, 0.717) is 18.8 Å². The van der Waals surface area contributed by atoms with E-state index in [1.54, 1.807) is 0 Å². The molecule has 0 radical (unpaired) electrons. The lowest BCUT2D eigenvalue weighted by Crippen LogP contribution is -2.46. The van der Waals surface area contributed by atoms with Gasteiger partial charge in [0.25, 0.3) is 0 Å². The number of hydrogen-bond acceptors (Lipinski definition) is 4. The molecule has 1 rings (SSSR count). The molecule has 5 nitrogen and oxygen atoms in total. The fourth-order valence-electron chi connectivity index (χ4n) is 1.83. The summed E-state index contributed by atoms with van der Waals surface area (Å²) in [6.07, 6.45) is 1.12. The van der Waals surface area contributed by atoms with E-state index in [1.807, 2.05) is 13.8 Å². The van der Waals surface area contributed by atoms with Crippen LogP contribution in [0.1, 0.15) is 26.7 Å². The topological polar surface area (TPSA) is 89.3 Å². The Morgan fingerprint density at radius 2 is 2.12 bits per heavy atom. The van der Waals surface area contributed by atoms with Gasteiger partial charge in [-0.05, 0) is 18.8 Å². The van der Waals surface area contributed by atoms with Crippen LogP contribution in [0.5, 0.6) is 0 Å². The molecule has 0 aromatic carbocycles. The zero-order valence-electron chi connectivity index (χ0n) is 9.77. The molecule has 0 aromatic heterocycles.